The molecule has 0 fully saturated rings. The maximum absolute atomic E-state index is 11.8. The zero-order chi connectivity index (χ0) is 21.1. The number of aromatic carboxylic acids is 1. The highest BCUT2D eigenvalue weighted by molar-refractivity contribution is 6.31. The molecule has 0 aliphatic rings. The van der Waals surface area contributed by atoms with Crippen molar-refractivity contribution < 1.29 is 14.7 Å². The first-order valence-corrected chi connectivity index (χ1v) is 9.75. The molecule has 1 aromatic heterocycles. The SMILES string of the molecule is CC(C)C(=O)NCc1ccc(Cl)c(CNc2ccc3c(c2)cc(C(=O)O)n3C)c1. The molecule has 3 N–H and O–H groups in total. The third-order valence-electron chi connectivity index (χ3n) is 4.85. The molecule has 0 saturated heterocycles. The molecule has 6 nitrogen and oxygen atoms in total. The number of carbonyl (C=O) groups excluding carboxylic acids is 1. The highest BCUT2D eigenvalue weighted by Gasteiger charge is 2.12. The Morgan fingerprint density at radius 3 is 2.55 bits per heavy atom. The van der Waals surface area contributed by atoms with Gasteiger partial charge in [0.2, 0.25) is 5.91 Å². The third-order valence-corrected chi connectivity index (χ3v) is 5.21. The van der Waals surface area contributed by atoms with Gasteiger partial charge in [0.1, 0.15) is 5.69 Å². The summed E-state index contributed by atoms with van der Waals surface area (Å²) in [5.74, 6) is -0.999. The van der Waals surface area contributed by atoms with Gasteiger partial charge in [-0.05, 0) is 41.5 Å². The fourth-order valence-electron chi connectivity index (χ4n) is 3.13. The lowest BCUT2D eigenvalue weighted by Gasteiger charge is -2.12. The summed E-state index contributed by atoms with van der Waals surface area (Å²) >= 11 is 6.33. The molecule has 0 radical (unpaired) electrons. The largest absolute Gasteiger partial charge is 0.477 e. The molecule has 0 saturated carbocycles. The molecule has 2 aromatic carbocycles. The Morgan fingerprint density at radius 2 is 1.86 bits per heavy atom. The molecule has 152 valence electrons. The van der Waals surface area contributed by atoms with Crippen molar-refractivity contribution in [2.75, 3.05) is 5.32 Å². The number of hydrogen-bond acceptors (Lipinski definition) is 3. The number of aromatic nitrogens is 1. The van der Waals surface area contributed by atoms with Crippen molar-refractivity contribution in [1.29, 1.82) is 0 Å². The van der Waals surface area contributed by atoms with Gasteiger partial charge in [0, 0.05) is 47.7 Å². The number of hydrogen-bond donors (Lipinski definition) is 3. The predicted molar refractivity (Wildman–Crippen MR) is 115 cm³/mol. The molecule has 29 heavy (non-hydrogen) atoms. The Balaban J connectivity index is 1.73. The Kier molecular flexibility index (Phi) is 6.13. The number of carbonyl (C=O) groups is 2. The molecule has 3 aromatic rings. The number of carboxylic acid groups (broad SMARTS) is 1. The molecule has 0 spiro atoms. The van der Waals surface area contributed by atoms with Gasteiger partial charge in [0.05, 0.1) is 0 Å². The van der Waals surface area contributed by atoms with E-state index >= 15 is 0 Å². The van der Waals surface area contributed by atoms with E-state index in [1.54, 1.807) is 17.7 Å². The standard InChI is InChI=1S/C22H24ClN3O3/c1-13(2)21(27)25-11-14-4-6-18(23)16(8-14)12-24-17-5-7-19-15(9-17)10-20(22(28)29)26(19)3/h4-10,13,24H,11-12H2,1-3H3,(H,25,27)(H,28,29). The fraction of sp³-hybridized carbons (Fsp3) is 0.273. The lowest BCUT2D eigenvalue weighted by molar-refractivity contribution is -0.124. The Hall–Kier alpha value is -2.99. The number of amides is 1. The molecule has 7 heteroatoms. The van der Waals surface area contributed by atoms with Crippen LogP contribution in [0.15, 0.2) is 42.5 Å². The molecule has 0 aliphatic heterocycles. The molecule has 0 atom stereocenters. The summed E-state index contributed by atoms with van der Waals surface area (Å²) < 4.78 is 1.66. The molecular formula is C22H24ClN3O3. The number of halogens is 1. The van der Waals surface area contributed by atoms with Gasteiger partial charge in [0.15, 0.2) is 0 Å². The van der Waals surface area contributed by atoms with Crippen molar-refractivity contribution >= 4 is 40.1 Å². The number of nitrogens with one attached hydrogen (secondary N) is 2. The number of aryl methyl sites for hydroxylation is 1. The van der Waals surface area contributed by atoms with E-state index in [2.05, 4.69) is 10.6 Å². The van der Waals surface area contributed by atoms with Crippen LogP contribution in [0, 0.1) is 5.92 Å². The van der Waals surface area contributed by atoms with Crippen molar-refractivity contribution in [3.8, 4) is 0 Å². The van der Waals surface area contributed by atoms with Crippen LogP contribution in [0.3, 0.4) is 0 Å². The van der Waals surface area contributed by atoms with E-state index in [1.165, 1.54) is 0 Å². The average molecular weight is 414 g/mol. The highest BCUT2D eigenvalue weighted by atomic mass is 35.5. The molecule has 0 aliphatic carbocycles. The minimum absolute atomic E-state index is 0.0107. The monoisotopic (exact) mass is 413 g/mol. The van der Waals surface area contributed by atoms with E-state index in [-0.39, 0.29) is 17.5 Å². The summed E-state index contributed by atoms with van der Waals surface area (Å²) in [6.45, 7) is 4.68. The summed E-state index contributed by atoms with van der Waals surface area (Å²) in [4.78, 5) is 23.1. The average Bonchev–Trinajstić information content (AvgIpc) is 3.02. The van der Waals surface area contributed by atoms with Crippen LogP contribution in [0.25, 0.3) is 10.9 Å². The smallest absolute Gasteiger partial charge is 0.352 e. The fourth-order valence-corrected chi connectivity index (χ4v) is 3.31. The second-order valence-electron chi connectivity index (χ2n) is 7.32. The van der Waals surface area contributed by atoms with Crippen LogP contribution >= 0.6 is 11.6 Å². The van der Waals surface area contributed by atoms with E-state index in [4.69, 9.17) is 11.6 Å². The van der Waals surface area contributed by atoms with Gasteiger partial charge in [-0.3, -0.25) is 4.79 Å². The number of benzene rings is 2. The lowest BCUT2D eigenvalue weighted by atomic mass is 10.1. The number of nitrogens with zero attached hydrogens (tertiary/aromatic N) is 1. The molecule has 3 rings (SSSR count). The number of rotatable bonds is 7. The van der Waals surface area contributed by atoms with Crippen LogP contribution in [0.2, 0.25) is 5.02 Å². The molecule has 1 amide bonds. The Morgan fingerprint density at radius 1 is 1.10 bits per heavy atom. The molecule has 1 heterocycles. The van der Waals surface area contributed by atoms with E-state index in [1.807, 2.05) is 50.2 Å². The zero-order valence-electron chi connectivity index (χ0n) is 16.6. The van der Waals surface area contributed by atoms with Crippen molar-refractivity contribution in [2.24, 2.45) is 13.0 Å². The first-order chi connectivity index (χ1) is 13.8. The van der Waals surface area contributed by atoms with Crippen LogP contribution in [-0.2, 0) is 24.9 Å². The van der Waals surface area contributed by atoms with E-state index in [0.29, 0.717) is 18.1 Å². The molecular weight excluding hydrogens is 390 g/mol. The summed E-state index contributed by atoms with van der Waals surface area (Å²) in [7, 11) is 1.74. The first-order valence-electron chi connectivity index (χ1n) is 9.38. The van der Waals surface area contributed by atoms with Crippen molar-refractivity contribution in [1.82, 2.24) is 9.88 Å². The number of carboxylic acids is 1. The molecule has 0 bridgehead atoms. The summed E-state index contributed by atoms with van der Waals surface area (Å²) in [5, 5.41) is 17.0. The number of anilines is 1. The van der Waals surface area contributed by atoms with Gasteiger partial charge in [-0.1, -0.05) is 37.6 Å². The second-order valence-corrected chi connectivity index (χ2v) is 7.73. The normalized spacial score (nSPS) is 11.1. The minimum atomic E-state index is -0.952. The Bertz CT molecular complexity index is 1070. The van der Waals surface area contributed by atoms with Crippen molar-refractivity contribution in [3.05, 3.63) is 64.3 Å². The van der Waals surface area contributed by atoms with Crippen LogP contribution in [0.5, 0.6) is 0 Å². The van der Waals surface area contributed by atoms with Crippen LogP contribution in [-0.4, -0.2) is 21.6 Å². The molecule has 0 unspecified atom stereocenters. The minimum Gasteiger partial charge on any atom is -0.477 e. The van der Waals surface area contributed by atoms with Gasteiger partial charge in [0.25, 0.3) is 0 Å². The second kappa shape index (κ2) is 8.57. The van der Waals surface area contributed by atoms with Crippen molar-refractivity contribution in [2.45, 2.75) is 26.9 Å². The zero-order valence-corrected chi connectivity index (χ0v) is 17.4. The number of fused-ring (bicyclic) bond motifs is 1. The summed E-state index contributed by atoms with van der Waals surface area (Å²) in [6.07, 6.45) is 0. The van der Waals surface area contributed by atoms with Gasteiger partial charge >= 0.3 is 5.97 Å². The highest BCUT2D eigenvalue weighted by Crippen LogP contribution is 2.24. The van der Waals surface area contributed by atoms with E-state index < -0.39 is 5.97 Å². The van der Waals surface area contributed by atoms with Crippen molar-refractivity contribution in [3.63, 3.8) is 0 Å². The summed E-state index contributed by atoms with van der Waals surface area (Å²) in [6, 6.07) is 13.1. The van der Waals surface area contributed by atoms with Crippen LogP contribution in [0.1, 0.15) is 35.5 Å². The lowest BCUT2D eigenvalue weighted by Crippen LogP contribution is -2.27. The maximum atomic E-state index is 11.8. The first kappa shape index (κ1) is 20.7. The summed E-state index contributed by atoms with van der Waals surface area (Å²) in [5.41, 5.74) is 3.87. The quantitative estimate of drug-likeness (QED) is 0.535. The predicted octanol–water partition coefficient (Wildman–Crippen LogP) is 4.41. The van der Waals surface area contributed by atoms with Gasteiger partial charge in [-0.25, -0.2) is 4.79 Å². The maximum Gasteiger partial charge on any atom is 0.352 e. The van der Waals surface area contributed by atoms with E-state index in [0.717, 1.165) is 27.7 Å². The van der Waals surface area contributed by atoms with Crippen LogP contribution < -0.4 is 10.6 Å². The van der Waals surface area contributed by atoms with Crippen LogP contribution in [0.4, 0.5) is 5.69 Å². The van der Waals surface area contributed by atoms with Gasteiger partial charge in [-0.2, -0.15) is 0 Å². The topological polar surface area (TPSA) is 83.4 Å². The Labute approximate surface area is 174 Å². The van der Waals surface area contributed by atoms with Gasteiger partial charge in [-0.15, -0.1) is 0 Å². The van der Waals surface area contributed by atoms with Gasteiger partial charge < -0.3 is 20.3 Å². The third kappa shape index (κ3) is 4.71. The van der Waals surface area contributed by atoms with E-state index in [9.17, 15) is 14.7 Å².